The normalized spacial score (nSPS) is 12.7. The number of nitrogens with zero attached hydrogens (tertiary/aromatic N) is 2. The molecule has 0 bridgehead atoms. The van der Waals surface area contributed by atoms with Crippen LogP contribution in [0.3, 0.4) is 0 Å². The molecule has 1 aromatic heterocycles. The number of thiazole rings is 1. The van der Waals surface area contributed by atoms with Gasteiger partial charge in [0.05, 0.1) is 7.11 Å². The molecule has 0 unspecified atom stereocenters. The number of aromatic nitrogens is 1. The highest BCUT2D eigenvalue weighted by molar-refractivity contribution is 7.13. The standard InChI is InChI=1S/C14H21N3O5S/c1-13(2,3)21-11(19)14(4,5)22-17-9(10(18)20-6)8-7-23-12(15)16-8/h7H,1-6H3,(H2,15,16)/b17-9-. The van der Waals surface area contributed by atoms with Gasteiger partial charge >= 0.3 is 11.9 Å². The number of oxime groups is 1. The third-order valence-corrected chi connectivity index (χ3v) is 3.07. The van der Waals surface area contributed by atoms with E-state index in [1.807, 2.05) is 0 Å². The number of esters is 2. The number of anilines is 1. The van der Waals surface area contributed by atoms with Crippen molar-refractivity contribution < 1.29 is 23.9 Å². The molecule has 1 aromatic rings. The van der Waals surface area contributed by atoms with Gasteiger partial charge in [0.2, 0.25) is 11.3 Å². The van der Waals surface area contributed by atoms with Crippen LogP contribution in [0.2, 0.25) is 0 Å². The lowest BCUT2D eigenvalue weighted by molar-refractivity contribution is -0.179. The fraction of sp³-hybridized carbons (Fsp3) is 0.571. The molecular formula is C14H21N3O5S. The van der Waals surface area contributed by atoms with E-state index in [0.29, 0.717) is 0 Å². The van der Waals surface area contributed by atoms with Gasteiger partial charge in [0.15, 0.2) is 5.13 Å². The molecule has 128 valence electrons. The Morgan fingerprint density at radius 1 is 1.26 bits per heavy atom. The van der Waals surface area contributed by atoms with Gasteiger partial charge in [-0.25, -0.2) is 14.6 Å². The fourth-order valence-electron chi connectivity index (χ4n) is 1.28. The van der Waals surface area contributed by atoms with Crippen molar-refractivity contribution in [1.29, 1.82) is 0 Å². The van der Waals surface area contributed by atoms with Crippen LogP contribution in [0, 0.1) is 0 Å². The third-order valence-electron chi connectivity index (χ3n) is 2.40. The Morgan fingerprint density at radius 2 is 1.87 bits per heavy atom. The Balaban J connectivity index is 3.00. The summed E-state index contributed by atoms with van der Waals surface area (Å²) in [6.07, 6.45) is 0. The molecule has 9 heteroatoms. The molecule has 2 N–H and O–H groups in total. The maximum absolute atomic E-state index is 12.1. The zero-order valence-electron chi connectivity index (χ0n) is 14.0. The summed E-state index contributed by atoms with van der Waals surface area (Å²) in [6, 6.07) is 0. The molecule has 0 saturated carbocycles. The van der Waals surface area contributed by atoms with Crippen LogP contribution < -0.4 is 5.73 Å². The molecule has 0 saturated heterocycles. The highest BCUT2D eigenvalue weighted by Crippen LogP contribution is 2.19. The Morgan fingerprint density at radius 3 is 2.30 bits per heavy atom. The highest BCUT2D eigenvalue weighted by atomic mass is 32.1. The zero-order valence-corrected chi connectivity index (χ0v) is 14.8. The first-order chi connectivity index (χ1) is 10.5. The quantitative estimate of drug-likeness (QED) is 0.492. The molecule has 8 nitrogen and oxygen atoms in total. The van der Waals surface area contributed by atoms with Crippen molar-refractivity contribution in [2.45, 2.75) is 45.8 Å². The van der Waals surface area contributed by atoms with E-state index in [2.05, 4.69) is 14.9 Å². The van der Waals surface area contributed by atoms with Crippen LogP contribution in [-0.4, -0.2) is 40.9 Å². The lowest BCUT2D eigenvalue weighted by Crippen LogP contribution is -2.40. The van der Waals surface area contributed by atoms with E-state index in [0.717, 1.165) is 11.3 Å². The number of carbonyl (C=O) groups is 2. The predicted octanol–water partition coefficient (Wildman–Crippen LogP) is 1.74. The van der Waals surface area contributed by atoms with Gasteiger partial charge in [0.1, 0.15) is 11.3 Å². The molecule has 0 radical (unpaired) electrons. The molecule has 23 heavy (non-hydrogen) atoms. The van der Waals surface area contributed by atoms with Crippen molar-refractivity contribution in [2.75, 3.05) is 12.8 Å². The van der Waals surface area contributed by atoms with Crippen molar-refractivity contribution in [3.63, 3.8) is 0 Å². The molecule has 0 amide bonds. The van der Waals surface area contributed by atoms with E-state index in [1.165, 1.54) is 26.3 Å². The van der Waals surface area contributed by atoms with E-state index in [1.54, 1.807) is 20.8 Å². The second kappa shape index (κ2) is 6.95. The van der Waals surface area contributed by atoms with Gasteiger partial charge in [0.25, 0.3) is 0 Å². The van der Waals surface area contributed by atoms with Gasteiger partial charge in [-0.2, -0.15) is 0 Å². The van der Waals surface area contributed by atoms with Crippen LogP contribution >= 0.6 is 11.3 Å². The minimum absolute atomic E-state index is 0.183. The molecule has 0 atom stereocenters. The van der Waals surface area contributed by atoms with Gasteiger partial charge < -0.3 is 20.0 Å². The number of hydrogen-bond acceptors (Lipinski definition) is 9. The second-order valence-corrected chi connectivity index (χ2v) is 7.00. The van der Waals surface area contributed by atoms with Gasteiger partial charge in [-0.05, 0) is 34.6 Å². The summed E-state index contributed by atoms with van der Waals surface area (Å²) >= 11 is 1.14. The summed E-state index contributed by atoms with van der Waals surface area (Å²) in [7, 11) is 1.20. The maximum Gasteiger partial charge on any atom is 0.362 e. The molecule has 0 aromatic carbocycles. The van der Waals surface area contributed by atoms with Crippen LogP contribution in [0.4, 0.5) is 5.13 Å². The van der Waals surface area contributed by atoms with Crippen LogP contribution in [0.5, 0.6) is 0 Å². The number of nitrogen functional groups attached to an aromatic ring is 1. The first kappa shape index (κ1) is 18.9. The number of rotatable bonds is 5. The van der Waals surface area contributed by atoms with Crippen molar-refractivity contribution in [3.8, 4) is 0 Å². The van der Waals surface area contributed by atoms with Crippen LogP contribution in [0.15, 0.2) is 10.5 Å². The molecular weight excluding hydrogens is 322 g/mol. The molecule has 0 spiro atoms. The number of methoxy groups -OCH3 is 1. The summed E-state index contributed by atoms with van der Waals surface area (Å²) in [5, 5.41) is 5.53. The molecule has 0 aliphatic carbocycles. The Labute approximate surface area is 138 Å². The van der Waals surface area contributed by atoms with Gasteiger partial charge in [0, 0.05) is 5.38 Å². The summed E-state index contributed by atoms with van der Waals surface area (Å²) in [5.74, 6) is -1.37. The second-order valence-electron chi connectivity index (χ2n) is 6.11. The zero-order chi connectivity index (χ0) is 17.8. The van der Waals surface area contributed by atoms with Gasteiger partial charge in [-0.3, -0.25) is 0 Å². The van der Waals surface area contributed by atoms with Gasteiger partial charge in [-0.1, -0.05) is 5.16 Å². The third kappa shape index (κ3) is 5.51. The Kier molecular flexibility index (Phi) is 5.70. The molecule has 0 aliphatic rings. The average molecular weight is 343 g/mol. The number of nitrogens with two attached hydrogens (primary N) is 1. The first-order valence-electron chi connectivity index (χ1n) is 6.75. The minimum Gasteiger partial charge on any atom is -0.464 e. The van der Waals surface area contributed by atoms with E-state index in [9.17, 15) is 9.59 Å². The van der Waals surface area contributed by atoms with E-state index in [4.69, 9.17) is 15.3 Å². The lowest BCUT2D eigenvalue weighted by Gasteiger charge is -2.26. The smallest absolute Gasteiger partial charge is 0.362 e. The molecule has 0 fully saturated rings. The molecule has 0 aliphatic heterocycles. The SMILES string of the molecule is COC(=O)/C(=N\OC(C)(C)C(=O)OC(C)(C)C)c1csc(N)n1. The first-order valence-corrected chi connectivity index (χ1v) is 7.63. The lowest BCUT2D eigenvalue weighted by atomic mass is 10.1. The van der Waals surface area contributed by atoms with Crippen LogP contribution in [0.25, 0.3) is 0 Å². The summed E-state index contributed by atoms with van der Waals surface area (Å²) in [5.41, 5.74) is 3.50. The van der Waals surface area contributed by atoms with Crippen molar-refractivity contribution in [2.24, 2.45) is 5.16 Å². The summed E-state index contributed by atoms with van der Waals surface area (Å²) < 4.78 is 9.89. The van der Waals surface area contributed by atoms with Crippen LogP contribution in [0.1, 0.15) is 40.3 Å². The summed E-state index contributed by atoms with van der Waals surface area (Å²) in [6.45, 7) is 8.18. The summed E-state index contributed by atoms with van der Waals surface area (Å²) in [4.78, 5) is 33.1. The van der Waals surface area contributed by atoms with Gasteiger partial charge in [-0.15, -0.1) is 11.3 Å². The largest absolute Gasteiger partial charge is 0.464 e. The molecule has 1 heterocycles. The average Bonchev–Trinajstić information content (AvgIpc) is 2.83. The minimum atomic E-state index is -1.39. The van der Waals surface area contributed by atoms with Crippen molar-refractivity contribution in [3.05, 3.63) is 11.1 Å². The fourth-order valence-corrected chi connectivity index (χ4v) is 1.83. The monoisotopic (exact) mass is 343 g/mol. The Bertz CT molecular complexity index is 616. The Hall–Kier alpha value is -2.16. The topological polar surface area (TPSA) is 113 Å². The van der Waals surface area contributed by atoms with E-state index < -0.39 is 23.1 Å². The van der Waals surface area contributed by atoms with Crippen molar-refractivity contribution in [1.82, 2.24) is 4.98 Å². The van der Waals surface area contributed by atoms with E-state index >= 15 is 0 Å². The number of ether oxygens (including phenoxy) is 2. The number of hydrogen-bond donors (Lipinski definition) is 1. The highest BCUT2D eigenvalue weighted by Gasteiger charge is 2.36. The molecule has 1 rings (SSSR count). The number of carbonyl (C=O) groups excluding carboxylic acids is 2. The maximum atomic E-state index is 12.1. The van der Waals surface area contributed by atoms with Crippen molar-refractivity contribution >= 4 is 34.1 Å². The predicted molar refractivity (Wildman–Crippen MR) is 86.1 cm³/mol. The van der Waals surface area contributed by atoms with E-state index in [-0.39, 0.29) is 16.5 Å². The van der Waals surface area contributed by atoms with Crippen LogP contribution in [-0.2, 0) is 23.9 Å².